The van der Waals surface area contributed by atoms with Crippen molar-refractivity contribution in [1.82, 2.24) is 0 Å². The first kappa shape index (κ1) is 13.1. The zero-order valence-corrected chi connectivity index (χ0v) is 11.0. The number of rotatable bonds is 5. The number of aromatic hydroxyl groups is 1. The van der Waals surface area contributed by atoms with Gasteiger partial charge >= 0.3 is 0 Å². The number of phenols is 1. The van der Waals surface area contributed by atoms with E-state index in [9.17, 15) is 5.11 Å². The molecule has 1 nitrogen and oxygen atoms in total. The molecule has 0 heterocycles. The van der Waals surface area contributed by atoms with Crippen molar-refractivity contribution >= 4 is 0 Å². The molecule has 0 saturated heterocycles. The maximum atomic E-state index is 9.87. The van der Waals surface area contributed by atoms with Gasteiger partial charge in [-0.15, -0.1) is 0 Å². The summed E-state index contributed by atoms with van der Waals surface area (Å²) in [6.07, 6.45) is 3.70. The molecular weight excluding hydrogens is 196 g/mol. The molecule has 0 aromatic heterocycles. The summed E-state index contributed by atoms with van der Waals surface area (Å²) < 4.78 is 0. The van der Waals surface area contributed by atoms with Crippen LogP contribution in [0.3, 0.4) is 0 Å². The molecular formula is C15H24O. The first-order valence-corrected chi connectivity index (χ1v) is 6.27. The van der Waals surface area contributed by atoms with Crippen LogP contribution in [-0.2, 0) is 0 Å². The van der Waals surface area contributed by atoms with E-state index >= 15 is 0 Å². The summed E-state index contributed by atoms with van der Waals surface area (Å²) in [6.45, 7) is 9.02. The van der Waals surface area contributed by atoms with Crippen molar-refractivity contribution in [1.29, 1.82) is 0 Å². The van der Waals surface area contributed by atoms with Crippen molar-refractivity contribution in [2.45, 2.75) is 52.9 Å². The Morgan fingerprint density at radius 2 is 1.88 bits per heavy atom. The quantitative estimate of drug-likeness (QED) is 0.761. The molecule has 1 atom stereocenters. The third-order valence-electron chi connectivity index (χ3n) is 3.75. The van der Waals surface area contributed by atoms with E-state index in [1.165, 1.54) is 19.3 Å². The van der Waals surface area contributed by atoms with Crippen LogP contribution >= 0.6 is 0 Å². The molecule has 1 aromatic rings. The number of phenolic OH excluding ortho intramolecular Hbond substituents is 1. The lowest BCUT2D eigenvalue weighted by Crippen LogP contribution is -2.20. The van der Waals surface area contributed by atoms with Crippen molar-refractivity contribution in [2.24, 2.45) is 5.41 Å². The summed E-state index contributed by atoms with van der Waals surface area (Å²) in [5.74, 6) is 0.819. The molecule has 16 heavy (non-hydrogen) atoms. The van der Waals surface area contributed by atoms with E-state index in [0.29, 0.717) is 11.7 Å². The zero-order valence-electron chi connectivity index (χ0n) is 11.0. The minimum atomic E-state index is 0.245. The topological polar surface area (TPSA) is 20.2 Å². The normalized spacial score (nSPS) is 13.8. The van der Waals surface area contributed by atoms with Crippen LogP contribution in [0, 0.1) is 5.41 Å². The van der Waals surface area contributed by atoms with E-state index in [1.807, 2.05) is 18.2 Å². The molecule has 0 aliphatic heterocycles. The van der Waals surface area contributed by atoms with Gasteiger partial charge in [0.2, 0.25) is 0 Å². The average molecular weight is 220 g/mol. The fourth-order valence-electron chi connectivity index (χ4n) is 2.12. The Labute approximate surface area is 99.5 Å². The van der Waals surface area contributed by atoms with Crippen molar-refractivity contribution in [3.05, 3.63) is 29.8 Å². The highest BCUT2D eigenvalue weighted by Crippen LogP contribution is 2.42. The van der Waals surface area contributed by atoms with Crippen molar-refractivity contribution < 1.29 is 5.11 Å². The van der Waals surface area contributed by atoms with Crippen molar-refractivity contribution in [2.75, 3.05) is 0 Å². The summed E-state index contributed by atoms with van der Waals surface area (Å²) in [7, 11) is 0. The molecule has 0 radical (unpaired) electrons. The molecule has 0 amide bonds. The van der Waals surface area contributed by atoms with Gasteiger partial charge in [0.05, 0.1) is 0 Å². The minimum absolute atomic E-state index is 0.245. The third kappa shape index (κ3) is 3.01. The lowest BCUT2D eigenvalue weighted by molar-refractivity contribution is 0.263. The molecule has 0 fully saturated rings. The van der Waals surface area contributed by atoms with E-state index in [1.54, 1.807) is 6.07 Å². The fraction of sp³-hybridized carbons (Fsp3) is 0.600. The van der Waals surface area contributed by atoms with E-state index in [-0.39, 0.29) is 5.41 Å². The highest BCUT2D eigenvalue weighted by Gasteiger charge is 2.27. The number of unbranched alkanes of at least 4 members (excludes halogenated alkanes) is 1. The molecule has 0 aliphatic carbocycles. The largest absolute Gasteiger partial charge is 0.508 e. The molecule has 0 spiro atoms. The average Bonchev–Trinajstić information content (AvgIpc) is 2.26. The van der Waals surface area contributed by atoms with E-state index in [2.05, 4.69) is 27.7 Å². The molecule has 0 saturated carbocycles. The Hall–Kier alpha value is -0.980. The number of benzene rings is 1. The monoisotopic (exact) mass is 220 g/mol. The van der Waals surface area contributed by atoms with E-state index < -0.39 is 0 Å². The number of hydrogen-bond donors (Lipinski definition) is 1. The standard InChI is InChI=1S/C15H24O/c1-5-6-11-15(3,4)12(2)13-9-7-8-10-14(13)16/h7-10,12,16H,5-6,11H2,1-4H3. The van der Waals surface area contributed by atoms with Crippen LogP contribution in [0.15, 0.2) is 24.3 Å². The van der Waals surface area contributed by atoms with Crippen LogP contribution in [0.25, 0.3) is 0 Å². The molecule has 0 aliphatic rings. The van der Waals surface area contributed by atoms with E-state index in [4.69, 9.17) is 0 Å². The van der Waals surface area contributed by atoms with Gasteiger partial charge in [0, 0.05) is 0 Å². The Morgan fingerprint density at radius 3 is 2.44 bits per heavy atom. The summed E-state index contributed by atoms with van der Waals surface area (Å²) in [5, 5.41) is 9.87. The van der Waals surface area contributed by atoms with Gasteiger partial charge in [-0.3, -0.25) is 0 Å². The van der Waals surface area contributed by atoms with Crippen LogP contribution < -0.4 is 0 Å². The van der Waals surface area contributed by atoms with Gasteiger partial charge < -0.3 is 5.11 Å². The molecule has 1 aromatic carbocycles. The van der Waals surface area contributed by atoms with Crippen molar-refractivity contribution in [3.8, 4) is 5.75 Å². The third-order valence-corrected chi connectivity index (χ3v) is 3.75. The molecule has 1 heteroatoms. The fourth-order valence-corrected chi connectivity index (χ4v) is 2.12. The Morgan fingerprint density at radius 1 is 1.25 bits per heavy atom. The minimum Gasteiger partial charge on any atom is -0.508 e. The summed E-state index contributed by atoms with van der Waals surface area (Å²) >= 11 is 0. The molecule has 1 unspecified atom stereocenters. The first-order chi connectivity index (χ1) is 7.49. The molecule has 0 bridgehead atoms. The predicted molar refractivity (Wildman–Crippen MR) is 69.8 cm³/mol. The maximum Gasteiger partial charge on any atom is 0.119 e. The summed E-state index contributed by atoms with van der Waals surface area (Å²) in [4.78, 5) is 0. The van der Waals surface area contributed by atoms with Gasteiger partial charge in [-0.25, -0.2) is 0 Å². The van der Waals surface area contributed by atoms with Crippen LogP contribution in [0.2, 0.25) is 0 Å². The predicted octanol–water partition coefficient (Wildman–Crippen LogP) is 4.71. The highest BCUT2D eigenvalue weighted by atomic mass is 16.3. The van der Waals surface area contributed by atoms with Gasteiger partial charge in [-0.05, 0) is 29.4 Å². The van der Waals surface area contributed by atoms with Gasteiger partial charge in [-0.1, -0.05) is 58.7 Å². The van der Waals surface area contributed by atoms with Crippen LogP contribution in [0.1, 0.15) is 58.4 Å². The summed E-state index contributed by atoms with van der Waals surface area (Å²) in [5.41, 5.74) is 1.32. The Balaban J connectivity index is 2.84. The number of hydrogen-bond acceptors (Lipinski definition) is 1. The smallest absolute Gasteiger partial charge is 0.119 e. The van der Waals surface area contributed by atoms with E-state index in [0.717, 1.165) is 5.56 Å². The van der Waals surface area contributed by atoms with Gasteiger partial charge in [0.15, 0.2) is 0 Å². The second-order valence-corrected chi connectivity index (χ2v) is 5.37. The van der Waals surface area contributed by atoms with Gasteiger partial charge in [0.1, 0.15) is 5.75 Å². The van der Waals surface area contributed by atoms with Crippen LogP contribution in [0.4, 0.5) is 0 Å². The molecule has 1 rings (SSSR count). The Bertz CT molecular complexity index is 328. The Kier molecular flexibility index (Phi) is 4.40. The lowest BCUT2D eigenvalue weighted by Gasteiger charge is -2.32. The zero-order chi connectivity index (χ0) is 12.2. The maximum absolute atomic E-state index is 9.87. The van der Waals surface area contributed by atoms with Crippen LogP contribution in [0.5, 0.6) is 5.75 Å². The molecule has 90 valence electrons. The molecule has 1 N–H and O–H groups in total. The number of para-hydroxylation sites is 1. The second kappa shape index (κ2) is 5.38. The van der Waals surface area contributed by atoms with Crippen LogP contribution in [-0.4, -0.2) is 5.11 Å². The first-order valence-electron chi connectivity index (χ1n) is 6.27. The SMILES string of the molecule is CCCCC(C)(C)C(C)c1ccccc1O. The van der Waals surface area contributed by atoms with Gasteiger partial charge in [-0.2, -0.15) is 0 Å². The van der Waals surface area contributed by atoms with Gasteiger partial charge in [0.25, 0.3) is 0 Å². The second-order valence-electron chi connectivity index (χ2n) is 5.37. The van der Waals surface area contributed by atoms with Crippen molar-refractivity contribution in [3.63, 3.8) is 0 Å². The summed E-state index contributed by atoms with van der Waals surface area (Å²) in [6, 6.07) is 7.70. The lowest BCUT2D eigenvalue weighted by atomic mass is 9.73. The highest BCUT2D eigenvalue weighted by molar-refractivity contribution is 5.35.